The number of halogens is 1. The Hall–Kier alpha value is -1.85. The number of hydrogen-bond donors (Lipinski definition) is 1. The lowest BCUT2D eigenvalue weighted by atomic mass is 10.1. The summed E-state index contributed by atoms with van der Waals surface area (Å²) >= 11 is 6.03. The minimum Gasteiger partial charge on any atom is -0.381 e. The average molecular weight is 346 g/mol. The monoisotopic (exact) mass is 345 g/mol. The van der Waals surface area contributed by atoms with Crippen molar-refractivity contribution in [2.45, 2.75) is 25.3 Å². The Morgan fingerprint density at radius 2 is 2.21 bits per heavy atom. The van der Waals surface area contributed by atoms with Crippen LogP contribution in [0.25, 0.3) is 11.3 Å². The van der Waals surface area contributed by atoms with E-state index in [1.165, 1.54) is 0 Å². The Bertz CT molecular complexity index is 735. The SMILES string of the molecule is O=C(c1cc(-c2cccc(Cl)c2)n[nH]1)N(C[C@H]1CCOC1)C1CC1. The van der Waals surface area contributed by atoms with Gasteiger partial charge in [0.25, 0.3) is 5.91 Å². The van der Waals surface area contributed by atoms with Gasteiger partial charge in [0, 0.05) is 35.7 Å². The lowest BCUT2D eigenvalue weighted by Crippen LogP contribution is -2.37. The van der Waals surface area contributed by atoms with Crippen molar-refractivity contribution in [3.63, 3.8) is 0 Å². The minimum atomic E-state index is 0.0326. The molecule has 4 rings (SSSR count). The first-order chi connectivity index (χ1) is 11.7. The highest BCUT2D eigenvalue weighted by atomic mass is 35.5. The van der Waals surface area contributed by atoms with Gasteiger partial charge in [0.05, 0.1) is 12.3 Å². The summed E-state index contributed by atoms with van der Waals surface area (Å²) in [4.78, 5) is 14.9. The van der Waals surface area contributed by atoms with Crippen molar-refractivity contribution >= 4 is 17.5 Å². The van der Waals surface area contributed by atoms with E-state index in [9.17, 15) is 4.79 Å². The van der Waals surface area contributed by atoms with Gasteiger partial charge < -0.3 is 9.64 Å². The Morgan fingerprint density at radius 1 is 1.33 bits per heavy atom. The molecule has 2 heterocycles. The predicted molar refractivity (Wildman–Crippen MR) is 92.0 cm³/mol. The molecule has 1 N–H and O–H groups in total. The van der Waals surface area contributed by atoms with Crippen LogP contribution in [-0.2, 0) is 4.74 Å². The maximum Gasteiger partial charge on any atom is 0.272 e. The minimum absolute atomic E-state index is 0.0326. The van der Waals surface area contributed by atoms with Gasteiger partial charge in [0.1, 0.15) is 5.69 Å². The zero-order chi connectivity index (χ0) is 16.5. The summed E-state index contributed by atoms with van der Waals surface area (Å²) < 4.78 is 5.45. The topological polar surface area (TPSA) is 58.2 Å². The zero-order valence-corrected chi connectivity index (χ0v) is 14.1. The molecule has 2 aromatic rings. The second-order valence-corrected chi connectivity index (χ2v) is 7.03. The first-order valence-corrected chi connectivity index (χ1v) is 8.78. The highest BCUT2D eigenvalue weighted by Crippen LogP contribution is 2.31. The molecule has 1 saturated heterocycles. The number of carbonyl (C=O) groups is 1. The molecule has 0 unspecified atom stereocenters. The summed E-state index contributed by atoms with van der Waals surface area (Å²) in [6, 6.07) is 9.67. The van der Waals surface area contributed by atoms with Gasteiger partial charge >= 0.3 is 0 Å². The van der Waals surface area contributed by atoms with E-state index in [2.05, 4.69) is 10.2 Å². The molecule has 1 amide bonds. The van der Waals surface area contributed by atoms with Crippen LogP contribution in [0.5, 0.6) is 0 Å². The highest BCUT2D eigenvalue weighted by Gasteiger charge is 2.35. The van der Waals surface area contributed by atoms with Crippen molar-refractivity contribution < 1.29 is 9.53 Å². The predicted octanol–water partition coefficient (Wildman–Crippen LogP) is 3.37. The third kappa shape index (κ3) is 3.32. The first kappa shape index (κ1) is 15.7. The molecule has 1 aliphatic heterocycles. The smallest absolute Gasteiger partial charge is 0.272 e. The van der Waals surface area contributed by atoms with Crippen molar-refractivity contribution in [1.29, 1.82) is 0 Å². The fraction of sp³-hybridized carbons (Fsp3) is 0.444. The quantitative estimate of drug-likeness (QED) is 0.903. The highest BCUT2D eigenvalue weighted by molar-refractivity contribution is 6.30. The molecule has 0 bridgehead atoms. The number of ether oxygens (including phenoxy) is 1. The standard InChI is InChI=1S/C18H20ClN3O2/c19-14-3-1-2-13(8-14)16-9-17(21-20-16)18(23)22(15-4-5-15)10-12-6-7-24-11-12/h1-3,8-9,12,15H,4-7,10-11H2,(H,20,21)/t12-/m1/s1. The molecule has 6 heteroatoms. The molecule has 5 nitrogen and oxygen atoms in total. The normalized spacial score (nSPS) is 20.3. The number of nitrogens with zero attached hydrogens (tertiary/aromatic N) is 2. The Balaban J connectivity index is 1.52. The maximum absolute atomic E-state index is 12.9. The molecule has 2 aliphatic rings. The molecular formula is C18H20ClN3O2. The Morgan fingerprint density at radius 3 is 2.92 bits per heavy atom. The molecule has 126 valence electrons. The van der Waals surface area contributed by atoms with Gasteiger partial charge in [-0.05, 0) is 37.5 Å². The van der Waals surface area contributed by atoms with E-state index < -0.39 is 0 Å². The number of rotatable bonds is 5. The van der Waals surface area contributed by atoms with E-state index in [4.69, 9.17) is 16.3 Å². The van der Waals surface area contributed by atoms with Crippen LogP contribution in [0.1, 0.15) is 29.8 Å². The molecular weight excluding hydrogens is 326 g/mol. The van der Waals surface area contributed by atoms with Gasteiger partial charge in [-0.25, -0.2) is 0 Å². The Labute approximate surface area is 145 Å². The van der Waals surface area contributed by atoms with Crippen LogP contribution >= 0.6 is 11.6 Å². The number of carbonyl (C=O) groups excluding carboxylic acids is 1. The van der Waals surface area contributed by atoms with Crippen LogP contribution in [0.2, 0.25) is 5.02 Å². The lowest BCUT2D eigenvalue weighted by Gasteiger charge is -2.24. The van der Waals surface area contributed by atoms with Crippen molar-refractivity contribution in [2.75, 3.05) is 19.8 Å². The molecule has 1 aromatic carbocycles. The number of aromatic nitrogens is 2. The van der Waals surface area contributed by atoms with Gasteiger partial charge in [-0.15, -0.1) is 0 Å². The molecule has 24 heavy (non-hydrogen) atoms. The van der Waals surface area contributed by atoms with E-state index in [1.54, 1.807) is 0 Å². The summed E-state index contributed by atoms with van der Waals surface area (Å²) in [5.41, 5.74) is 2.18. The van der Waals surface area contributed by atoms with Crippen LogP contribution in [0.15, 0.2) is 30.3 Å². The Kier molecular flexibility index (Phi) is 4.29. The van der Waals surface area contributed by atoms with Crippen LogP contribution < -0.4 is 0 Å². The third-order valence-corrected chi connectivity index (χ3v) is 4.89. The van der Waals surface area contributed by atoms with E-state index in [1.807, 2.05) is 35.2 Å². The summed E-state index contributed by atoms with van der Waals surface area (Å²) in [5, 5.41) is 7.84. The molecule has 2 fully saturated rings. The molecule has 1 atom stereocenters. The van der Waals surface area contributed by atoms with Crippen LogP contribution in [0, 0.1) is 5.92 Å². The van der Waals surface area contributed by atoms with Crippen molar-refractivity contribution in [2.24, 2.45) is 5.92 Å². The van der Waals surface area contributed by atoms with E-state index in [0.29, 0.717) is 22.7 Å². The van der Waals surface area contributed by atoms with E-state index in [0.717, 1.165) is 50.3 Å². The fourth-order valence-electron chi connectivity index (χ4n) is 3.17. The summed E-state index contributed by atoms with van der Waals surface area (Å²) in [6.07, 6.45) is 3.22. The largest absolute Gasteiger partial charge is 0.381 e. The molecule has 1 aliphatic carbocycles. The summed E-state index contributed by atoms with van der Waals surface area (Å²) in [7, 11) is 0. The third-order valence-electron chi connectivity index (χ3n) is 4.66. The van der Waals surface area contributed by atoms with Crippen molar-refractivity contribution in [1.82, 2.24) is 15.1 Å². The second kappa shape index (κ2) is 6.57. The average Bonchev–Trinajstić information content (AvgIpc) is 3.10. The molecule has 0 spiro atoms. The van der Waals surface area contributed by atoms with E-state index in [-0.39, 0.29) is 5.91 Å². The number of aromatic amines is 1. The van der Waals surface area contributed by atoms with Gasteiger partial charge in [-0.2, -0.15) is 5.10 Å². The molecule has 1 aromatic heterocycles. The molecule has 1 saturated carbocycles. The van der Waals surface area contributed by atoms with E-state index >= 15 is 0 Å². The van der Waals surface area contributed by atoms with Gasteiger partial charge in [0.2, 0.25) is 0 Å². The number of H-pyrrole nitrogens is 1. The van der Waals surface area contributed by atoms with Crippen molar-refractivity contribution in [3.8, 4) is 11.3 Å². The van der Waals surface area contributed by atoms with Gasteiger partial charge in [-0.3, -0.25) is 9.89 Å². The van der Waals surface area contributed by atoms with Gasteiger partial charge in [-0.1, -0.05) is 23.7 Å². The summed E-state index contributed by atoms with van der Waals surface area (Å²) in [5.74, 6) is 0.482. The van der Waals surface area contributed by atoms with Crippen LogP contribution in [0.4, 0.5) is 0 Å². The first-order valence-electron chi connectivity index (χ1n) is 8.41. The summed E-state index contributed by atoms with van der Waals surface area (Å²) in [6.45, 7) is 2.34. The zero-order valence-electron chi connectivity index (χ0n) is 13.4. The van der Waals surface area contributed by atoms with Gasteiger partial charge in [0.15, 0.2) is 0 Å². The molecule has 0 radical (unpaired) electrons. The number of amides is 1. The van der Waals surface area contributed by atoms with Crippen LogP contribution in [0.3, 0.4) is 0 Å². The maximum atomic E-state index is 12.9. The fourth-order valence-corrected chi connectivity index (χ4v) is 3.36. The number of nitrogens with one attached hydrogen (secondary N) is 1. The number of benzene rings is 1. The second-order valence-electron chi connectivity index (χ2n) is 6.60. The number of hydrogen-bond acceptors (Lipinski definition) is 3. The lowest BCUT2D eigenvalue weighted by molar-refractivity contribution is 0.0700. The van der Waals surface area contributed by atoms with Crippen molar-refractivity contribution in [3.05, 3.63) is 41.0 Å². The van der Waals surface area contributed by atoms with Crippen LogP contribution in [-0.4, -0.2) is 46.8 Å².